The predicted octanol–water partition coefficient (Wildman–Crippen LogP) is 3.19. The Morgan fingerprint density at radius 3 is 2.76 bits per heavy atom. The number of hydrogen-bond acceptors (Lipinski definition) is 5. The van der Waals surface area contributed by atoms with Crippen LogP contribution in [-0.4, -0.2) is 14.9 Å². The lowest BCUT2D eigenvalue weighted by Gasteiger charge is -2.01. The van der Waals surface area contributed by atoms with Crippen molar-refractivity contribution in [3.63, 3.8) is 0 Å². The Hall–Kier alpha value is -1.66. The summed E-state index contributed by atoms with van der Waals surface area (Å²) in [5.74, 6) is 0. The molecule has 0 radical (unpaired) electrons. The number of benzene rings is 1. The molecule has 86 valence electrons. The van der Waals surface area contributed by atoms with Gasteiger partial charge in [0.1, 0.15) is 10.2 Å². The SMILES string of the molecule is O=[N+]([O-])c1ccccc1Sc1cncc(Cl)n1. The minimum absolute atomic E-state index is 0.0410. The van der Waals surface area contributed by atoms with Crippen molar-refractivity contribution in [3.8, 4) is 0 Å². The van der Waals surface area contributed by atoms with Crippen molar-refractivity contribution in [2.24, 2.45) is 0 Å². The zero-order valence-electron chi connectivity index (χ0n) is 8.41. The highest BCUT2D eigenvalue weighted by atomic mass is 35.5. The number of hydrogen-bond donors (Lipinski definition) is 0. The summed E-state index contributed by atoms with van der Waals surface area (Å²) in [7, 11) is 0. The summed E-state index contributed by atoms with van der Waals surface area (Å²) < 4.78 is 0. The van der Waals surface area contributed by atoms with Gasteiger partial charge in [-0.2, -0.15) is 0 Å². The molecule has 5 nitrogen and oxygen atoms in total. The second-order valence-corrected chi connectivity index (χ2v) is 4.46. The maximum atomic E-state index is 10.8. The van der Waals surface area contributed by atoms with Gasteiger partial charge in [0.15, 0.2) is 0 Å². The predicted molar refractivity (Wildman–Crippen MR) is 64.3 cm³/mol. The summed E-state index contributed by atoms with van der Waals surface area (Å²) in [6.07, 6.45) is 2.91. The van der Waals surface area contributed by atoms with E-state index in [1.807, 2.05) is 0 Å². The Bertz CT molecular complexity index is 565. The Labute approximate surface area is 106 Å². The van der Waals surface area contributed by atoms with Gasteiger partial charge >= 0.3 is 0 Å². The van der Waals surface area contributed by atoms with Crippen molar-refractivity contribution >= 4 is 29.1 Å². The number of rotatable bonds is 3. The van der Waals surface area contributed by atoms with Crippen LogP contribution >= 0.6 is 23.4 Å². The molecule has 1 heterocycles. The van der Waals surface area contributed by atoms with Crippen LogP contribution in [0.25, 0.3) is 0 Å². The second-order valence-electron chi connectivity index (χ2n) is 3.01. The van der Waals surface area contributed by atoms with Crippen molar-refractivity contribution in [2.45, 2.75) is 9.92 Å². The fraction of sp³-hybridized carbons (Fsp3) is 0. The molecule has 0 saturated heterocycles. The fourth-order valence-corrected chi connectivity index (χ4v) is 2.26. The van der Waals surface area contributed by atoms with Gasteiger partial charge in [0, 0.05) is 6.07 Å². The van der Waals surface area contributed by atoms with Gasteiger partial charge in [-0.1, -0.05) is 35.5 Å². The van der Waals surface area contributed by atoms with Crippen LogP contribution in [0.5, 0.6) is 0 Å². The third kappa shape index (κ3) is 2.92. The lowest BCUT2D eigenvalue weighted by molar-refractivity contribution is -0.387. The monoisotopic (exact) mass is 267 g/mol. The lowest BCUT2D eigenvalue weighted by atomic mass is 10.3. The largest absolute Gasteiger partial charge is 0.283 e. The van der Waals surface area contributed by atoms with E-state index >= 15 is 0 Å². The van der Waals surface area contributed by atoms with E-state index in [0.717, 1.165) is 11.8 Å². The van der Waals surface area contributed by atoms with E-state index in [9.17, 15) is 10.1 Å². The topological polar surface area (TPSA) is 68.9 Å². The summed E-state index contributed by atoms with van der Waals surface area (Å²) in [5.41, 5.74) is 0.0410. The second kappa shape index (κ2) is 5.11. The first-order valence-electron chi connectivity index (χ1n) is 4.55. The quantitative estimate of drug-likeness (QED) is 0.631. The molecule has 1 aromatic carbocycles. The van der Waals surface area contributed by atoms with Crippen molar-refractivity contribution < 1.29 is 4.92 Å². The van der Waals surface area contributed by atoms with Gasteiger partial charge in [-0.05, 0) is 6.07 Å². The highest BCUT2D eigenvalue weighted by Crippen LogP contribution is 2.33. The smallest absolute Gasteiger partial charge is 0.259 e. The Balaban J connectivity index is 2.33. The summed E-state index contributed by atoms with van der Waals surface area (Å²) in [6, 6.07) is 6.45. The number of para-hydroxylation sites is 1. The van der Waals surface area contributed by atoms with Gasteiger partial charge in [0.25, 0.3) is 5.69 Å². The number of aromatic nitrogens is 2. The van der Waals surface area contributed by atoms with Crippen LogP contribution in [0.4, 0.5) is 5.69 Å². The molecule has 0 fully saturated rings. The van der Waals surface area contributed by atoms with E-state index in [0.29, 0.717) is 9.92 Å². The minimum Gasteiger partial charge on any atom is -0.259 e. The Morgan fingerprint density at radius 2 is 2.06 bits per heavy atom. The number of nitrogens with zero attached hydrogens (tertiary/aromatic N) is 3. The summed E-state index contributed by atoms with van der Waals surface area (Å²) in [4.78, 5) is 18.8. The third-order valence-electron chi connectivity index (χ3n) is 1.86. The average Bonchev–Trinajstić information content (AvgIpc) is 2.29. The summed E-state index contributed by atoms with van der Waals surface area (Å²) >= 11 is 6.85. The molecule has 0 atom stereocenters. The van der Waals surface area contributed by atoms with Crippen molar-refractivity contribution in [2.75, 3.05) is 0 Å². The van der Waals surface area contributed by atoms with Gasteiger partial charge in [-0.25, -0.2) is 4.98 Å². The maximum absolute atomic E-state index is 10.8. The molecule has 2 rings (SSSR count). The van der Waals surface area contributed by atoms with Crippen LogP contribution in [0.1, 0.15) is 0 Å². The Morgan fingerprint density at radius 1 is 1.29 bits per heavy atom. The first-order chi connectivity index (χ1) is 8.16. The van der Waals surface area contributed by atoms with E-state index in [1.165, 1.54) is 18.5 Å². The van der Waals surface area contributed by atoms with E-state index < -0.39 is 4.92 Å². The molecule has 2 aromatic rings. The molecule has 0 unspecified atom stereocenters. The number of nitro groups is 1. The first-order valence-corrected chi connectivity index (χ1v) is 5.75. The maximum Gasteiger partial charge on any atom is 0.283 e. The van der Waals surface area contributed by atoms with Crippen molar-refractivity contribution in [1.82, 2.24) is 9.97 Å². The molecule has 0 aliphatic rings. The van der Waals surface area contributed by atoms with Crippen LogP contribution in [0.3, 0.4) is 0 Å². The van der Waals surface area contributed by atoms with Crippen LogP contribution in [0.15, 0.2) is 46.6 Å². The highest BCUT2D eigenvalue weighted by molar-refractivity contribution is 7.99. The Kier molecular flexibility index (Phi) is 3.55. The van der Waals surface area contributed by atoms with E-state index in [4.69, 9.17) is 11.6 Å². The van der Waals surface area contributed by atoms with E-state index in [1.54, 1.807) is 18.2 Å². The fourth-order valence-electron chi connectivity index (χ4n) is 1.18. The number of nitro benzene ring substituents is 1. The number of halogens is 1. The zero-order chi connectivity index (χ0) is 12.3. The molecule has 0 aliphatic carbocycles. The molecule has 0 aliphatic heterocycles. The summed E-state index contributed by atoms with van der Waals surface area (Å²) in [6.45, 7) is 0. The molecule has 0 spiro atoms. The lowest BCUT2D eigenvalue weighted by Crippen LogP contribution is -1.91. The molecule has 0 bridgehead atoms. The van der Waals surface area contributed by atoms with E-state index in [2.05, 4.69) is 9.97 Å². The average molecular weight is 268 g/mol. The standard InChI is InChI=1S/C10H6ClN3O2S/c11-9-5-12-6-10(13-9)17-8-4-2-1-3-7(8)14(15)16/h1-6H. The van der Waals surface area contributed by atoms with Gasteiger partial charge in [0.05, 0.1) is 22.2 Å². The zero-order valence-corrected chi connectivity index (χ0v) is 9.98. The van der Waals surface area contributed by atoms with Crippen LogP contribution < -0.4 is 0 Å². The minimum atomic E-state index is -0.430. The highest BCUT2D eigenvalue weighted by Gasteiger charge is 2.14. The first kappa shape index (κ1) is 11.8. The molecular weight excluding hydrogens is 262 g/mol. The molecule has 1 aromatic heterocycles. The third-order valence-corrected chi connectivity index (χ3v) is 3.01. The van der Waals surface area contributed by atoms with Crippen LogP contribution in [0.2, 0.25) is 5.15 Å². The van der Waals surface area contributed by atoms with Crippen molar-refractivity contribution in [1.29, 1.82) is 0 Å². The molecule has 0 saturated carbocycles. The van der Waals surface area contributed by atoms with Crippen LogP contribution in [-0.2, 0) is 0 Å². The van der Waals surface area contributed by atoms with E-state index in [-0.39, 0.29) is 10.8 Å². The summed E-state index contributed by atoms with van der Waals surface area (Å²) in [5, 5.41) is 11.6. The van der Waals surface area contributed by atoms with Gasteiger partial charge in [-0.3, -0.25) is 15.1 Å². The van der Waals surface area contributed by atoms with Crippen molar-refractivity contribution in [3.05, 3.63) is 51.9 Å². The van der Waals surface area contributed by atoms with Crippen LogP contribution in [0, 0.1) is 10.1 Å². The molecule has 0 amide bonds. The molecule has 0 N–H and O–H groups in total. The molecule has 17 heavy (non-hydrogen) atoms. The van der Waals surface area contributed by atoms with Gasteiger partial charge < -0.3 is 0 Å². The molecular formula is C10H6ClN3O2S. The normalized spacial score (nSPS) is 10.2. The molecule has 7 heteroatoms. The van der Waals surface area contributed by atoms with Gasteiger partial charge in [-0.15, -0.1) is 0 Å². The van der Waals surface area contributed by atoms with Gasteiger partial charge in [0.2, 0.25) is 0 Å².